The first-order valence-corrected chi connectivity index (χ1v) is 9.81. The Hall–Kier alpha value is -2.25. The second kappa shape index (κ2) is 8.63. The lowest BCUT2D eigenvalue weighted by atomic mass is 9.92. The van der Waals surface area contributed by atoms with E-state index in [1.165, 1.54) is 0 Å². The van der Waals surface area contributed by atoms with Crippen molar-refractivity contribution in [3.05, 3.63) is 35.5 Å². The van der Waals surface area contributed by atoms with E-state index < -0.39 is 0 Å². The number of nitrogens with zero attached hydrogens (tertiary/aromatic N) is 2. The van der Waals surface area contributed by atoms with Gasteiger partial charge in [0.05, 0.1) is 27.0 Å². The van der Waals surface area contributed by atoms with Gasteiger partial charge >= 0.3 is 0 Å². The van der Waals surface area contributed by atoms with Crippen molar-refractivity contribution in [2.45, 2.75) is 32.7 Å². The number of carbonyl (C=O) groups is 1. The number of methoxy groups -OCH3 is 2. The smallest absolute Gasteiger partial charge is 0.229 e. The summed E-state index contributed by atoms with van der Waals surface area (Å²) in [6.45, 7) is 4.55. The van der Waals surface area contributed by atoms with Gasteiger partial charge in [0.15, 0.2) is 11.5 Å². The summed E-state index contributed by atoms with van der Waals surface area (Å²) in [6.07, 6.45) is 4.98. The number of amides is 1. The topological polar surface area (TPSA) is 77.4 Å². The molecule has 1 amide bonds. The number of hydrogen-bond donors (Lipinski definition) is 2. The van der Waals surface area contributed by atoms with Gasteiger partial charge in [-0.25, -0.2) is 4.68 Å². The van der Waals surface area contributed by atoms with Crippen LogP contribution < -0.4 is 20.1 Å². The van der Waals surface area contributed by atoms with Crippen LogP contribution >= 0.6 is 12.4 Å². The van der Waals surface area contributed by atoms with Crippen molar-refractivity contribution in [1.82, 2.24) is 15.1 Å². The molecule has 1 saturated carbocycles. The van der Waals surface area contributed by atoms with Crippen LogP contribution in [0.25, 0.3) is 0 Å². The molecule has 1 spiro atoms. The van der Waals surface area contributed by atoms with E-state index in [0.717, 1.165) is 49.3 Å². The molecule has 0 radical (unpaired) electrons. The third-order valence-electron chi connectivity index (χ3n) is 6.15. The molecule has 2 aliphatic rings. The summed E-state index contributed by atoms with van der Waals surface area (Å²) in [6, 6.07) is 5.80. The Morgan fingerprint density at radius 1 is 1.28 bits per heavy atom. The van der Waals surface area contributed by atoms with E-state index in [9.17, 15) is 4.79 Å². The van der Waals surface area contributed by atoms with Crippen molar-refractivity contribution in [2.24, 2.45) is 11.3 Å². The molecule has 1 aromatic heterocycles. The second-order valence-corrected chi connectivity index (χ2v) is 7.88. The van der Waals surface area contributed by atoms with Crippen LogP contribution in [0.3, 0.4) is 0 Å². The van der Waals surface area contributed by atoms with E-state index in [4.69, 9.17) is 9.47 Å². The lowest BCUT2D eigenvalue weighted by Crippen LogP contribution is -2.32. The molecule has 1 atom stereocenters. The average Bonchev–Trinajstić information content (AvgIpc) is 3.31. The molecule has 4 rings (SSSR count). The first kappa shape index (κ1) is 21.5. The Morgan fingerprint density at radius 3 is 2.69 bits per heavy atom. The summed E-state index contributed by atoms with van der Waals surface area (Å²) in [5, 5.41) is 11.0. The Labute approximate surface area is 177 Å². The van der Waals surface area contributed by atoms with Gasteiger partial charge < -0.3 is 20.1 Å². The van der Waals surface area contributed by atoms with E-state index in [1.54, 1.807) is 20.4 Å². The van der Waals surface area contributed by atoms with Gasteiger partial charge in [-0.2, -0.15) is 5.10 Å². The van der Waals surface area contributed by atoms with Gasteiger partial charge in [0.1, 0.15) is 5.82 Å². The van der Waals surface area contributed by atoms with Crippen molar-refractivity contribution >= 4 is 24.1 Å². The highest BCUT2D eigenvalue weighted by Gasteiger charge is 2.57. The monoisotopic (exact) mass is 420 g/mol. The molecular weight excluding hydrogens is 392 g/mol. The maximum atomic E-state index is 12.9. The van der Waals surface area contributed by atoms with Gasteiger partial charge in [-0.15, -0.1) is 12.4 Å². The van der Waals surface area contributed by atoms with Crippen molar-refractivity contribution in [3.8, 4) is 11.5 Å². The Morgan fingerprint density at radius 2 is 2.00 bits per heavy atom. The number of ether oxygens (including phenoxy) is 2. The standard InChI is InChI=1S/C21H28N4O3.ClH/c1-14-12-23-25(13-15-4-5-17(27-2)18(10-15)28-3)19(14)24-20(26)16-11-21(16)6-8-22-9-7-21;/h4-5,10,12,16,22H,6-9,11,13H2,1-3H3,(H,24,26);1H. The first-order valence-electron chi connectivity index (χ1n) is 9.81. The molecular formula is C21H29ClN4O3. The molecule has 8 heteroatoms. The predicted octanol–water partition coefficient (Wildman–Crippen LogP) is 3.01. The fraction of sp³-hybridized carbons (Fsp3) is 0.524. The lowest BCUT2D eigenvalue weighted by Gasteiger charge is -2.23. The summed E-state index contributed by atoms with van der Waals surface area (Å²) >= 11 is 0. The first-order chi connectivity index (χ1) is 13.6. The number of piperidine rings is 1. The molecule has 1 aromatic carbocycles. The number of rotatable bonds is 6. The van der Waals surface area contributed by atoms with Crippen LogP contribution in [0.5, 0.6) is 11.5 Å². The van der Waals surface area contributed by atoms with Crippen LogP contribution in [0.4, 0.5) is 5.82 Å². The maximum Gasteiger partial charge on any atom is 0.229 e. The molecule has 158 valence electrons. The summed E-state index contributed by atoms with van der Waals surface area (Å²) in [5.74, 6) is 2.39. The molecule has 2 aromatic rings. The van der Waals surface area contributed by atoms with Gasteiger partial charge in [0, 0.05) is 11.5 Å². The van der Waals surface area contributed by atoms with Crippen molar-refractivity contribution in [3.63, 3.8) is 0 Å². The number of aryl methyl sites for hydroxylation is 1. The van der Waals surface area contributed by atoms with Gasteiger partial charge in [0.2, 0.25) is 5.91 Å². The molecule has 1 saturated heterocycles. The second-order valence-electron chi connectivity index (χ2n) is 7.88. The summed E-state index contributed by atoms with van der Waals surface area (Å²) < 4.78 is 12.5. The number of anilines is 1. The molecule has 2 fully saturated rings. The van der Waals surface area contributed by atoms with E-state index in [2.05, 4.69) is 15.7 Å². The quantitative estimate of drug-likeness (QED) is 0.751. The minimum Gasteiger partial charge on any atom is -0.493 e. The number of nitrogens with one attached hydrogen (secondary N) is 2. The van der Waals surface area contributed by atoms with Crippen molar-refractivity contribution in [2.75, 3.05) is 32.6 Å². The average molecular weight is 421 g/mol. The summed E-state index contributed by atoms with van der Waals surface area (Å²) in [7, 11) is 3.24. The normalized spacial score (nSPS) is 19.3. The highest BCUT2D eigenvalue weighted by Crippen LogP contribution is 2.58. The highest BCUT2D eigenvalue weighted by molar-refractivity contribution is 5.95. The van der Waals surface area contributed by atoms with Crippen LogP contribution in [-0.4, -0.2) is 43.0 Å². The summed E-state index contributed by atoms with van der Waals surface area (Å²) in [4.78, 5) is 12.9. The zero-order chi connectivity index (χ0) is 19.7. The number of aromatic nitrogens is 2. The molecule has 2 N–H and O–H groups in total. The number of benzene rings is 1. The zero-order valence-electron chi connectivity index (χ0n) is 17.2. The van der Waals surface area contributed by atoms with Gasteiger partial charge in [-0.1, -0.05) is 6.07 Å². The highest BCUT2D eigenvalue weighted by atomic mass is 35.5. The number of carbonyl (C=O) groups excluding carboxylic acids is 1. The van der Waals surface area contributed by atoms with E-state index in [-0.39, 0.29) is 29.6 Å². The van der Waals surface area contributed by atoms with Gasteiger partial charge in [-0.05, 0) is 62.4 Å². The fourth-order valence-electron chi connectivity index (χ4n) is 4.31. The maximum absolute atomic E-state index is 12.9. The Bertz CT molecular complexity index is 877. The molecule has 1 unspecified atom stereocenters. The minimum absolute atomic E-state index is 0. The van der Waals surface area contributed by atoms with Crippen LogP contribution in [0, 0.1) is 18.3 Å². The van der Waals surface area contributed by atoms with E-state index >= 15 is 0 Å². The van der Waals surface area contributed by atoms with E-state index in [1.807, 2.05) is 29.8 Å². The van der Waals surface area contributed by atoms with Crippen LogP contribution in [0.1, 0.15) is 30.4 Å². The lowest BCUT2D eigenvalue weighted by molar-refractivity contribution is -0.118. The third-order valence-corrected chi connectivity index (χ3v) is 6.15. The van der Waals surface area contributed by atoms with Crippen molar-refractivity contribution in [1.29, 1.82) is 0 Å². The van der Waals surface area contributed by atoms with Gasteiger partial charge in [-0.3, -0.25) is 4.79 Å². The summed E-state index contributed by atoms with van der Waals surface area (Å²) in [5.41, 5.74) is 2.21. The molecule has 1 aliphatic carbocycles. The third kappa shape index (κ3) is 4.21. The largest absolute Gasteiger partial charge is 0.493 e. The number of hydrogen-bond acceptors (Lipinski definition) is 5. The molecule has 7 nitrogen and oxygen atoms in total. The van der Waals surface area contributed by atoms with Crippen LogP contribution in [0.2, 0.25) is 0 Å². The number of halogens is 1. The Balaban J connectivity index is 0.00000240. The minimum atomic E-state index is 0. The van der Waals surface area contributed by atoms with Crippen molar-refractivity contribution < 1.29 is 14.3 Å². The zero-order valence-corrected chi connectivity index (χ0v) is 18.0. The molecule has 29 heavy (non-hydrogen) atoms. The van der Waals surface area contributed by atoms with Crippen LogP contribution in [-0.2, 0) is 11.3 Å². The predicted molar refractivity (Wildman–Crippen MR) is 114 cm³/mol. The SMILES string of the molecule is COc1ccc(Cn2ncc(C)c2NC(=O)C2CC23CCNCC3)cc1OC.Cl. The fourth-order valence-corrected chi connectivity index (χ4v) is 4.31. The molecule has 2 heterocycles. The van der Waals surface area contributed by atoms with Crippen LogP contribution in [0.15, 0.2) is 24.4 Å². The Kier molecular flexibility index (Phi) is 6.39. The van der Waals surface area contributed by atoms with E-state index in [0.29, 0.717) is 18.0 Å². The van der Waals surface area contributed by atoms with Gasteiger partial charge in [0.25, 0.3) is 0 Å². The molecule has 0 bridgehead atoms. The molecule has 1 aliphatic heterocycles.